The zero-order valence-electron chi connectivity index (χ0n) is 17.7. The van der Waals surface area contributed by atoms with E-state index in [2.05, 4.69) is 0 Å². The van der Waals surface area contributed by atoms with Gasteiger partial charge in [0.05, 0.1) is 19.2 Å². The van der Waals surface area contributed by atoms with Gasteiger partial charge in [-0.15, -0.1) is 0 Å². The van der Waals surface area contributed by atoms with Crippen molar-refractivity contribution in [2.45, 2.75) is 19.0 Å². The number of ether oxygens (including phenoxy) is 1. The Hall–Kier alpha value is -4.07. The normalized spacial score (nSPS) is 15.6. The van der Waals surface area contributed by atoms with Crippen LogP contribution in [0.1, 0.15) is 22.3 Å². The smallest absolute Gasteiger partial charge is 0.257 e. The second-order valence-corrected chi connectivity index (χ2v) is 7.55. The van der Waals surface area contributed by atoms with Gasteiger partial charge < -0.3 is 9.64 Å². The summed E-state index contributed by atoms with van der Waals surface area (Å²) in [6.45, 7) is -0.0311. The van der Waals surface area contributed by atoms with Gasteiger partial charge in [0.1, 0.15) is 23.4 Å². The third-order valence-corrected chi connectivity index (χ3v) is 5.45. The van der Waals surface area contributed by atoms with Crippen molar-refractivity contribution >= 4 is 23.4 Å². The summed E-state index contributed by atoms with van der Waals surface area (Å²) >= 11 is 0. The fourth-order valence-corrected chi connectivity index (χ4v) is 3.73. The molecule has 3 aromatic rings. The number of anilines is 1. The number of hydrogen-bond acceptors (Lipinski definition) is 4. The van der Waals surface area contributed by atoms with Gasteiger partial charge in [0.25, 0.3) is 11.8 Å². The molecule has 8 heteroatoms. The Morgan fingerprint density at radius 1 is 0.939 bits per heavy atom. The summed E-state index contributed by atoms with van der Waals surface area (Å²) in [5.74, 6) is -1.92. The summed E-state index contributed by atoms with van der Waals surface area (Å²) in [5, 5.41) is 0. The maximum Gasteiger partial charge on any atom is 0.257 e. The highest BCUT2D eigenvalue weighted by molar-refractivity contribution is 6.23. The van der Waals surface area contributed by atoms with Crippen LogP contribution < -0.4 is 9.64 Å². The molecule has 1 fully saturated rings. The average molecular weight is 450 g/mol. The minimum absolute atomic E-state index is 0.0311. The number of methoxy groups -OCH3 is 1. The van der Waals surface area contributed by atoms with Crippen molar-refractivity contribution in [3.8, 4) is 5.75 Å². The predicted molar refractivity (Wildman–Crippen MR) is 117 cm³/mol. The Kier molecular flexibility index (Phi) is 6.17. The molecule has 0 saturated carbocycles. The zero-order valence-corrected chi connectivity index (χ0v) is 17.7. The fourth-order valence-electron chi connectivity index (χ4n) is 3.73. The van der Waals surface area contributed by atoms with E-state index in [-0.39, 0.29) is 18.5 Å². The van der Waals surface area contributed by atoms with Crippen LogP contribution in [-0.4, -0.2) is 35.8 Å². The van der Waals surface area contributed by atoms with Crippen LogP contribution in [0.3, 0.4) is 0 Å². The lowest BCUT2D eigenvalue weighted by molar-refractivity contribution is -0.122. The number of halogens is 2. The predicted octanol–water partition coefficient (Wildman–Crippen LogP) is 3.95. The van der Waals surface area contributed by atoms with Crippen LogP contribution in [0, 0.1) is 11.6 Å². The highest BCUT2D eigenvalue weighted by Gasteiger charge is 2.44. The van der Waals surface area contributed by atoms with E-state index in [4.69, 9.17) is 4.74 Å². The van der Waals surface area contributed by atoms with Crippen LogP contribution in [-0.2, 0) is 16.1 Å². The molecule has 1 atom stereocenters. The van der Waals surface area contributed by atoms with E-state index in [0.717, 1.165) is 17.0 Å². The van der Waals surface area contributed by atoms with Crippen molar-refractivity contribution in [3.63, 3.8) is 0 Å². The number of imide groups is 1. The van der Waals surface area contributed by atoms with E-state index in [9.17, 15) is 23.2 Å². The monoisotopic (exact) mass is 450 g/mol. The van der Waals surface area contributed by atoms with E-state index in [1.165, 1.54) is 48.4 Å². The first-order valence-corrected chi connectivity index (χ1v) is 10.2. The third-order valence-electron chi connectivity index (χ3n) is 5.45. The summed E-state index contributed by atoms with van der Waals surface area (Å²) in [7, 11) is 1.51. The van der Waals surface area contributed by atoms with E-state index in [0.29, 0.717) is 17.0 Å². The van der Waals surface area contributed by atoms with Gasteiger partial charge in [0.15, 0.2) is 0 Å². The second kappa shape index (κ2) is 9.20. The van der Waals surface area contributed by atoms with Crippen molar-refractivity contribution in [2.24, 2.45) is 0 Å². The van der Waals surface area contributed by atoms with Gasteiger partial charge in [-0.25, -0.2) is 13.7 Å². The molecule has 3 aromatic carbocycles. The van der Waals surface area contributed by atoms with Crippen LogP contribution in [0.4, 0.5) is 14.5 Å². The molecule has 0 bridgehead atoms. The quantitative estimate of drug-likeness (QED) is 0.534. The number of hydrogen-bond donors (Lipinski definition) is 0. The minimum atomic E-state index is -1.07. The number of rotatable bonds is 6. The second-order valence-electron chi connectivity index (χ2n) is 7.55. The lowest BCUT2D eigenvalue weighted by Gasteiger charge is -2.28. The van der Waals surface area contributed by atoms with Gasteiger partial charge in [0.2, 0.25) is 5.91 Å². The largest absolute Gasteiger partial charge is 0.497 e. The topological polar surface area (TPSA) is 66.9 Å². The molecule has 0 radical (unpaired) electrons. The Morgan fingerprint density at radius 2 is 1.52 bits per heavy atom. The fraction of sp³-hybridized carbons (Fsp3) is 0.160. The molecule has 0 aliphatic carbocycles. The number of carbonyl (C=O) groups is 3. The summed E-state index contributed by atoms with van der Waals surface area (Å²) in [5.41, 5.74) is 1.11. The van der Waals surface area contributed by atoms with Crippen LogP contribution in [0.2, 0.25) is 0 Å². The molecule has 1 aliphatic rings. The Bertz CT molecular complexity index is 1180. The van der Waals surface area contributed by atoms with Crippen molar-refractivity contribution in [3.05, 3.63) is 95.6 Å². The molecule has 1 unspecified atom stereocenters. The zero-order chi connectivity index (χ0) is 23.5. The molecule has 3 amide bonds. The van der Waals surface area contributed by atoms with Crippen LogP contribution >= 0.6 is 0 Å². The number of benzene rings is 3. The standard InChI is InChI=1S/C25H20F2N2O4/c1-33-21-12-10-20(11-13-21)29-23(30)14-22(25(29)32)28(15-16-2-6-18(26)7-3-16)24(31)17-4-8-19(27)9-5-17/h2-13,22H,14-15H2,1H3. The molecule has 0 N–H and O–H groups in total. The summed E-state index contributed by atoms with van der Waals surface area (Å²) < 4.78 is 31.8. The first-order chi connectivity index (χ1) is 15.9. The van der Waals surface area contributed by atoms with Crippen LogP contribution in [0.15, 0.2) is 72.8 Å². The molecule has 0 spiro atoms. The van der Waals surface area contributed by atoms with Crippen molar-refractivity contribution in [2.75, 3.05) is 12.0 Å². The van der Waals surface area contributed by atoms with E-state index >= 15 is 0 Å². The Morgan fingerprint density at radius 3 is 2.09 bits per heavy atom. The van der Waals surface area contributed by atoms with Gasteiger partial charge in [-0.3, -0.25) is 14.4 Å². The molecule has 6 nitrogen and oxygen atoms in total. The van der Waals surface area contributed by atoms with Gasteiger partial charge >= 0.3 is 0 Å². The van der Waals surface area contributed by atoms with E-state index in [1.54, 1.807) is 24.3 Å². The van der Waals surface area contributed by atoms with Gasteiger partial charge in [-0.05, 0) is 66.2 Å². The van der Waals surface area contributed by atoms with Crippen LogP contribution in [0.5, 0.6) is 5.75 Å². The summed E-state index contributed by atoms with van der Waals surface area (Å²) in [6, 6.07) is 15.8. The number of nitrogens with zero attached hydrogens (tertiary/aromatic N) is 2. The lowest BCUT2D eigenvalue weighted by atomic mass is 10.1. The molecule has 1 heterocycles. The first kappa shape index (κ1) is 22.1. The number of carbonyl (C=O) groups excluding carboxylic acids is 3. The Labute approximate surface area is 189 Å². The summed E-state index contributed by atoms with van der Waals surface area (Å²) in [6.07, 6.45) is -0.209. The number of amides is 3. The van der Waals surface area contributed by atoms with E-state index in [1.807, 2.05) is 0 Å². The molecule has 33 heavy (non-hydrogen) atoms. The molecular formula is C25H20F2N2O4. The van der Waals surface area contributed by atoms with Crippen LogP contribution in [0.25, 0.3) is 0 Å². The lowest BCUT2D eigenvalue weighted by Crippen LogP contribution is -2.45. The third kappa shape index (κ3) is 4.59. The highest BCUT2D eigenvalue weighted by Crippen LogP contribution is 2.29. The maximum absolute atomic E-state index is 13.4. The SMILES string of the molecule is COc1ccc(N2C(=O)CC(N(Cc3ccc(F)cc3)C(=O)c3ccc(F)cc3)C2=O)cc1. The van der Waals surface area contributed by atoms with Gasteiger partial charge in [0, 0.05) is 12.1 Å². The minimum Gasteiger partial charge on any atom is -0.497 e. The van der Waals surface area contributed by atoms with Gasteiger partial charge in [-0.2, -0.15) is 0 Å². The Balaban J connectivity index is 1.67. The van der Waals surface area contributed by atoms with Gasteiger partial charge in [-0.1, -0.05) is 12.1 Å². The summed E-state index contributed by atoms with van der Waals surface area (Å²) in [4.78, 5) is 41.7. The van der Waals surface area contributed by atoms with Crippen molar-refractivity contribution < 1.29 is 27.9 Å². The van der Waals surface area contributed by atoms with Crippen molar-refractivity contribution in [1.82, 2.24) is 4.90 Å². The molecule has 4 rings (SSSR count). The molecular weight excluding hydrogens is 430 g/mol. The maximum atomic E-state index is 13.4. The average Bonchev–Trinajstić information content (AvgIpc) is 3.12. The molecule has 1 aliphatic heterocycles. The molecule has 1 saturated heterocycles. The molecule has 168 valence electrons. The van der Waals surface area contributed by atoms with Crippen molar-refractivity contribution in [1.29, 1.82) is 0 Å². The first-order valence-electron chi connectivity index (χ1n) is 10.2. The highest BCUT2D eigenvalue weighted by atomic mass is 19.1. The molecule has 0 aromatic heterocycles. The van der Waals surface area contributed by atoms with E-state index < -0.39 is 35.4 Å².